The van der Waals surface area contributed by atoms with E-state index in [0.29, 0.717) is 18.9 Å². The number of hydrogen-bond donors (Lipinski definition) is 1. The maximum Gasteiger partial charge on any atom is 0.222 e. The number of sulfone groups is 1. The van der Waals surface area contributed by atoms with Gasteiger partial charge in [-0.25, -0.2) is 8.42 Å². The summed E-state index contributed by atoms with van der Waals surface area (Å²) in [4.78, 5) is 13.0. The number of carbonyl (C=O) groups is 1. The van der Waals surface area contributed by atoms with Crippen molar-refractivity contribution in [1.82, 2.24) is 4.90 Å². The van der Waals surface area contributed by atoms with Gasteiger partial charge in [0, 0.05) is 26.3 Å². The Kier molecular flexibility index (Phi) is 6.59. The van der Waals surface area contributed by atoms with Gasteiger partial charge in [0.15, 0.2) is 0 Å². The smallest absolute Gasteiger partial charge is 0.222 e. The number of rotatable bonds is 7. The van der Waals surface area contributed by atoms with E-state index in [9.17, 15) is 13.2 Å². The number of hydrogen-bond acceptors (Lipinski definition) is 4. The second-order valence-electron chi connectivity index (χ2n) is 4.32. The Bertz CT molecular complexity index is 314. The molecular weight excluding hydrogens is 228 g/mol. The van der Waals surface area contributed by atoms with Crippen LogP contribution in [0.15, 0.2) is 0 Å². The van der Waals surface area contributed by atoms with Crippen molar-refractivity contribution in [1.29, 1.82) is 0 Å². The first-order valence-corrected chi connectivity index (χ1v) is 7.44. The van der Waals surface area contributed by atoms with Gasteiger partial charge >= 0.3 is 0 Å². The van der Waals surface area contributed by atoms with Gasteiger partial charge in [-0.2, -0.15) is 0 Å². The van der Waals surface area contributed by atoms with Gasteiger partial charge in [0.2, 0.25) is 5.91 Å². The van der Waals surface area contributed by atoms with Crippen LogP contribution >= 0.6 is 0 Å². The van der Waals surface area contributed by atoms with Crippen molar-refractivity contribution in [3.05, 3.63) is 0 Å². The second-order valence-corrected chi connectivity index (χ2v) is 6.58. The fraction of sp³-hybridized carbons (Fsp3) is 0.900. The molecule has 0 aliphatic heterocycles. The van der Waals surface area contributed by atoms with Crippen LogP contribution in [0.5, 0.6) is 0 Å². The van der Waals surface area contributed by atoms with Crippen molar-refractivity contribution < 1.29 is 13.2 Å². The highest BCUT2D eigenvalue weighted by atomic mass is 32.2. The van der Waals surface area contributed by atoms with Crippen LogP contribution in [-0.2, 0) is 14.6 Å². The number of nitrogens with two attached hydrogens (primary N) is 1. The van der Waals surface area contributed by atoms with Gasteiger partial charge in [-0.15, -0.1) is 0 Å². The van der Waals surface area contributed by atoms with E-state index in [1.54, 1.807) is 7.05 Å². The lowest BCUT2D eigenvalue weighted by Crippen LogP contribution is -2.31. The van der Waals surface area contributed by atoms with Gasteiger partial charge in [0.25, 0.3) is 0 Å². The Labute approximate surface area is 97.9 Å². The van der Waals surface area contributed by atoms with Gasteiger partial charge < -0.3 is 10.6 Å². The molecule has 2 N–H and O–H groups in total. The van der Waals surface area contributed by atoms with Crippen LogP contribution < -0.4 is 5.73 Å². The van der Waals surface area contributed by atoms with E-state index in [0.717, 1.165) is 6.42 Å². The predicted octanol–water partition coefficient (Wildman–Crippen LogP) is -0.136. The third kappa shape index (κ3) is 7.64. The molecule has 1 atom stereocenters. The zero-order chi connectivity index (χ0) is 12.8. The van der Waals surface area contributed by atoms with Crippen LogP contribution in [0.25, 0.3) is 0 Å². The summed E-state index contributed by atoms with van der Waals surface area (Å²) in [5.41, 5.74) is 5.45. The summed E-state index contributed by atoms with van der Waals surface area (Å²) < 4.78 is 21.8. The standard InChI is InChI=1S/C10H22N2O3S/c1-9(8-11)4-5-10(13)12(2)6-7-16(3,14)15/h9H,4-8,11H2,1-3H3. The third-order valence-corrected chi connectivity index (χ3v) is 3.40. The molecule has 1 amide bonds. The topological polar surface area (TPSA) is 80.5 Å². The highest BCUT2D eigenvalue weighted by Crippen LogP contribution is 2.05. The minimum atomic E-state index is -3.00. The molecule has 0 aromatic rings. The molecule has 0 spiro atoms. The Hall–Kier alpha value is -0.620. The molecule has 0 aliphatic rings. The van der Waals surface area contributed by atoms with Crippen molar-refractivity contribution >= 4 is 15.7 Å². The first kappa shape index (κ1) is 15.4. The lowest BCUT2D eigenvalue weighted by Gasteiger charge is -2.17. The summed E-state index contributed by atoms with van der Waals surface area (Å²) in [7, 11) is -1.38. The summed E-state index contributed by atoms with van der Waals surface area (Å²) >= 11 is 0. The Morgan fingerprint density at radius 2 is 2.00 bits per heavy atom. The van der Waals surface area contributed by atoms with E-state index < -0.39 is 9.84 Å². The van der Waals surface area contributed by atoms with Crippen LogP contribution in [-0.4, -0.2) is 51.4 Å². The van der Waals surface area contributed by atoms with E-state index in [-0.39, 0.29) is 18.2 Å². The molecule has 0 radical (unpaired) electrons. The summed E-state index contributed by atoms with van der Waals surface area (Å²) in [6, 6.07) is 0. The average Bonchev–Trinajstić information content (AvgIpc) is 2.20. The van der Waals surface area contributed by atoms with Crippen LogP contribution in [0.1, 0.15) is 19.8 Å². The molecule has 0 saturated carbocycles. The summed E-state index contributed by atoms with van der Waals surface area (Å²) in [6.45, 7) is 2.82. The van der Waals surface area contributed by atoms with Crippen molar-refractivity contribution in [3.63, 3.8) is 0 Å². The average molecular weight is 250 g/mol. The molecule has 0 aromatic heterocycles. The Morgan fingerprint density at radius 1 is 1.44 bits per heavy atom. The minimum Gasteiger partial charge on any atom is -0.345 e. The van der Waals surface area contributed by atoms with Crippen molar-refractivity contribution in [2.75, 3.05) is 32.1 Å². The molecule has 0 heterocycles. The Balaban J connectivity index is 3.91. The van der Waals surface area contributed by atoms with Crippen molar-refractivity contribution in [3.8, 4) is 0 Å². The van der Waals surface area contributed by atoms with Gasteiger partial charge in [0.1, 0.15) is 9.84 Å². The molecule has 1 unspecified atom stereocenters. The van der Waals surface area contributed by atoms with Crippen molar-refractivity contribution in [2.45, 2.75) is 19.8 Å². The normalized spacial score (nSPS) is 13.5. The molecule has 96 valence electrons. The van der Waals surface area contributed by atoms with Crippen LogP contribution in [0, 0.1) is 5.92 Å². The zero-order valence-electron chi connectivity index (χ0n) is 10.3. The van der Waals surface area contributed by atoms with Crippen molar-refractivity contribution in [2.24, 2.45) is 11.7 Å². The maximum atomic E-state index is 11.6. The number of carbonyl (C=O) groups excluding carboxylic acids is 1. The maximum absolute atomic E-state index is 11.6. The molecule has 6 heteroatoms. The van der Waals surface area contributed by atoms with Crippen LogP contribution in [0.3, 0.4) is 0 Å². The van der Waals surface area contributed by atoms with E-state index in [1.165, 1.54) is 11.2 Å². The molecule has 5 nitrogen and oxygen atoms in total. The fourth-order valence-electron chi connectivity index (χ4n) is 1.11. The van der Waals surface area contributed by atoms with E-state index in [4.69, 9.17) is 5.73 Å². The summed E-state index contributed by atoms with van der Waals surface area (Å²) in [5, 5.41) is 0. The largest absolute Gasteiger partial charge is 0.345 e. The highest BCUT2D eigenvalue weighted by Gasteiger charge is 2.12. The summed E-state index contributed by atoms with van der Waals surface area (Å²) in [6.07, 6.45) is 2.35. The first-order valence-electron chi connectivity index (χ1n) is 5.38. The highest BCUT2D eigenvalue weighted by molar-refractivity contribution is 7.90. The zero-order valence-corrected chi connectivity index (χ0v) is 11.1. The van der Waals surface area contributed by atoms with Gasteiger partial charge in [-0.1, -0.05) is 6.92 Å². The fourth-order valence-corrected chi connectivity index (χ4v) is 1.71. The first-order chi connectivity index (χ1) is 7.26. The van der Waals surface area contributed by atoms with Crippen LogP contribution in [0.2, 0.25) is 0 Å². The van der Waals surface area contributed by atoms with E-state index in [1.807, 2.05) is 6.92 Å². The van der Waals surface area contributed by atoms with Gasteiger partial charge in [-0.05, 0) is 18.9 Å². The van der Waals surface area contributed by atoms with E-state index in [2.05, 4.69) is 0 Å². The molecule has 0 rings (SSSR count). The number of amides is 1. The lowest BCUT2D eigenvalue weighted by atomic mass is 10.1. The van der Waals surface area contributed by atoms with E-state index >= 15 is 0 Å². The predicted molar refractivity (Wildman–Crippen MR) is 64.8 cm³/mol. The second kappa shape index (κ2) is 6.85. The molecule has 0 saturated heterocycles. The van der Waals surface area contributed by atoms with Gasteiger partial charge in [-0.3, -0.25) is 4.79 Å². The molecule has 0 bridgehead atoms. The molecular formula is C10H22N2O3S. The van der Waals surface area contributed by atoms with Crippen LogP contribution in [0.4, 0.5) is 0 Å². The molecule has 0 aliphatic carbocycles. The minimum absolute atomic E-state index is 0.0156. The third-order valence-electron chi connectivity index (χ3n) is 2.48. The molecule has 0 aromatic carbocycles. The lowest BCUT2D eigenvalue weighted by molar-refractivity contribution is -0.129. The molecule has 16 heavy (non-hydrogen) atoms. The SMILES string of the molecule is CC(CN)CCC(=O)N(C)CCS(C)(=O)=O. The monoisotopic (exact) mass is 250 g/mol. The Morgan fingerprint density at radius 3 is 2.44 bits per heavy atom. The van der Waals surface area contributed by atoms with Gasteiger partial charge in [0.05, 0.1) is 5.75 Å². The molecule has 0 fully saturated rings. The number of nitrogens with zero attached hydrogens (tertiary/aromatic N) is 1. The summed E-state index contributed by atoms with van der Waals surface area (Å²) in [5.74, 6) is 0.318. The quantitative estimate of drug-likeness (QED) is 0.682.